The third-order valence-electron chi connectivity index (χ3n) is 3.16. The number of amides is 1. The summed E-state index contributed by atoms with van der Waals surface area (Å²) in [5.41, 5.74) is 7.68. The van der Waals surface area contributed by atoms with Gasteiger partial charge in [-0.1, -0.05) is 0 Å². The van der Waals surface area contributed by atoms with Crippen molar-refractivity contribution in [1.82, 2.24) is 5.32 Å². The van der Waals surface area contributed by atoms with Gasteiger partial charge in [0.15, 0.2) is 0 Å². The molecule has 2 rings (SSSR count). The molecule has 0 fully saturated rings. The molecule has 19 heavy (non-hydrogen) atoms. The monoisotopic (exact) mass is 279 g/mol. The molecule has 1 aromatic carbocycles. The second kappa shape index (κ2) is 5.74. The molecule has 4 nitrogen and oxygen atoms in total. The maximum Gasteiger partial charge on any atom is 0.242 e. The number of hydrogen-bond acceptors (Lipinski definition) is 4. The van der Waals surface area contributed by atoms with Crippen molar-refractivity contribution in [2.45, 2.75) is 37.8 Å². The van der Waals surface area contributed by atoms with Crippen molar-refractivity contribution in [3.8, 4) is 0 Å². The highest BCUT2D eigenvalue weighted by Crippen LogP contribution is 2.37. The van der Waals surface area contributed by atoms with E-state index >= 15 is 0 Å². The summed E-state index contributed by atoms with van der Waals surface area (Å²) in [4.78, 5) is 15.5. The van der Waals surface area contributed by atoms with Crippen LogP contribution in [0.25, 0.3) is 0 Å². The number of nitrogens with zero attached hydrogens (tertiary/aromatic N) is 1. The summed E-state index contributed by atoms with van der Waals surface area (Å²) in [6, 6.07) is 5.89. The number of nitrogens with one attached hydrogen (secondary N) is 1. The molecule has 1 amide bonds. The Morgan fingerprint density at radius 3 is 2.84 bits per heavy atom. The fourth-order valence-electron chi connectivity index (χ4n) is 2.20. The molecule has 5 heteroatoms. The summed E-state index contributed by atoms with van der Waals surface area (Å²) in [5.74, 6) is 1.06. The lowest BCUT2D eigenvalue weighted by Gasteiger charge is -2.35. The van der Waals surface area contributed by atoms with Gasteiger partial charge in [-0.2, -0.15) is 0 Å². The molecule has 0 saturated heterocycles. The van der Waals surface area contributed by atoms with Gasteiger partial charge in [0.2, 0.25) is 5.91 Å². The molecule has 1 aliphatic rings. The zero-order valence-corrected chi connectivity index (χ0v) is 12.5. The zero-order valence-electron chi connectivity index (χ0n) is 11.6. The molecule has 1 unspecified atom stereocenters. The number of nitrogens with two attached hydrogens (primary N) is 1. The molecule has 1 atom stereocenters. The second-order valence-corrected chi connectivity index (χ2v) is 6.25. The number of carbonyl (C=O) groups is 1. The first-order valence-corrected chi connectivity index (χ1v) is 7.57. The predicted octanol–water partition coefficient (Wildman–Crippen LogP) is 2.09. The number of thioether (sulfide) groups is 1. The number of carbonyl (C=O) groups excluding carboxylic acids is 1. The SMILES string of the molecule is CC(C)NC(=O)C(C)N1CCSc2ccc(N)cc21. The minimum absolute atomic E-state index is 0.0651. The van der Waals surface area contributed by atoms with Crippen LogP contribution < -0.4 is 16.0 Å². The fraction of sp³-hybridized carbons (Fsp3) is 0.500. The largest absolute Gasteiger partial charge is 0.399 e. The maximum absolute atomic E-state index is 12.2. The lowest BCUT2D eigenvalue weighted by Crippen LogP contribution is -2.49. The molecule has 1 aromatic rings. The van der Waals surface area contributed by atoms with E-state index in [0.717, 1.165) is 23.7 Å². The summed E-state index contributed by atoms with van der Waals surface area (Å²) in [6.07, 6.45) is 0. The summed E-state index contributed by atoms with van der Waals surface area (Å²) < 4.78 is 0. The summed E-state index contributed by atoms with van der Waals surface area (Å²) in [6.45, 7) is 6.76. The van der Waals surface area contributed by atoms with Crippen molar-refractivity contribution >= 4 is 29.0 Å². The molecule has 0 saturated carbocycles. The second-order valence-electron chi connectivity index (χ2n) is 5.11. The fourth-order valence-corrected chi connectivity index (χ4v) is 3.20. The molecule has 104 valence electrons. The Hall–Kier alpha value is -1.36. The predicted molar refractivity (Wildman–Crippen MR) is 81.7 cm³/mol. The van der Waals surface area contributed by atoms with Crippen LogP contribution in [0.4, 0.5) is 11.4 Å². The van der Waals surface area contributed by atoms with Gasteiger partial charge in [-0.15, -0.1) is 11.8 Å². The average molecular weight is 279 g/mol. The van der Waals surface area contributed by atoms with Gasteiger partial charge in [0.25, 0.3) is 0 Å². The van der Waals surface area contributed by atoms with Gasteiger partial charge in [-0.25, -0.2) is 0 Å². The molecule has 3 N–H and O–H groups in total. The van der Waals surface area contributed by atoms with Gasteiger partial charge in [-0.3, -0.25) is 4.79 Å². The molecule has 1 heterocycles. The van der Waals surface area contributed by atoms with Crippen LogP contribution in [-0.4, -0.2) is 30.3 Å². The van der Waals surface area contributed by atoms with E-state index in [0.29, 0.717) is 0 Å². The summed E-state index contributed by atoms with van der Waals surface area (Å²) in [5, 5.41) is 2.97. The van der Waals surface area contributed by atoms with Crippen LogP contribution in [0.3, 0.4) is 0 Å². The summed E-state index contributed by atoms with van der Waals surface area (Å²) in [7, 11) is 0. The Bertz CT molecular complexity index is 476. The van der Waals surface area contributed by atoms with Crippen molar-refractivity contribution in [3.63, 3.8) is 0 Å². The molecular weight excluding hydrogens is 258 g/mol. The van der Waals surface area contributed by atoms with Gasteiger partial charge >= 0.3 is 0 Å². The van der Waals surface area contributed by atoms with Crippen molar-refractivity contribution in [2.75, 3.05) is 22.9 Å². The van der Waals surface area contributed by atoms with E-state index in [1.54, 1.807) is 0 Å². The van der Waals surface area contributed by atoms with Crippen LogP contribution >= 0.6 is 11.8 Å². The van der Waals surface area contributed by atoms with Gasteiger partial charge in [0, 0.05) is 28.9 Å². The topological polar surface area (TPSA) is 58.4 Å². The molecule has 1 aliphatic heterocycles. The number of nitrogen functional groups attached to an aromatic ring is 1. The minimum Gasteiger partial charge on any atom is -0.399 e. The van der Waals surface area contributed by atoms with Crippen molar-refractivity contribution in [1.29, 1.82) is 0 Å². The lowest BCUT2D eigenvalue weighted by molar-refractivity contribution is -0.122. The quantitative estimate of drug-likeness (QED) is 0.832. The molecule has 0 bridgehead atoms. The van der Waals surface area contributed by atoms with Gasteiger partial charge < -0.3 is 16.0 Å². The smallest absolute Gasteiger partial charge is 0.242 e. The number of benzene rings is 1. The first kappa shape index (κ1) is 14.1. The Morgan fingerprint density at radius 2 is 2.16 bits per heavy atom. The molecule has 0 aromatic heterocycles. The maximum atomic E-state index is 12.2. The van der Waals surface area contributed by atoms with E-state index in [1.165, 1.54) is 4.90 Å². The number of anilines is 2. The highest BCUT2D eigenvalue weighted by atomic mass is 32.2. The van der Waals surface area contributed by atoms with E-state index in [4.69, 9.17) is 5.73 Å². The van der Waals surface area contributed by atoms with Gasteiger partial charge in [-0.05, 0) is 39.0 Å². The highest BCUT2D eigenvalue weighted by Gasteiger charge is 2.26. The van der Waals surface area contributed by atoms with Crippen LogP contribution in [0.2, 0.25) is 0 Å². The van der Waals surface area contributed by atoms with Crippen LogP contribution in [-0.2, 0) is 4.79 Å². The number of fused-ring (bicyclic) bond motifs is 1. The van der Waals surface area contributed by atoms with Crippen LogP contribution in [0.15, 0.2) is 23.1 Å². The van der Waals surface area contributed by atoms with E-state index in [-0.39, 0.29) is 18.0 Å². The van der Waals surface area contributed by atoms with Crippen molar-refractivity contribution in [2.24, 2.45) is 0 Å². The molecule has 0 radical (unpaired) electrons. The highest BCUT2D eigenvalue weighted by molar-refractivity contribution is 7.99. The van der Waals surface area contributed by atoms with E-state index in [9.17, 15) is 4.79 Å². The Labute approximate surface area is 118 Å². The third-order valence-corrected chi connectivity index (χ3v) is 4.20. The van der Waals surface area contributed by atoms with Crippen molar-refractivity contribution < 1.29 is 4.79 Å². The summed E-state index contributed by atoms with van der Waals surface area (Å²) >= 11 is 1.82. The van der Waals surface area contributed by atoms with Crippen LogP contribution in [0, 0.1) is 0 Å². The number of rotatable bonds is 3. The first-order valence-electron chi connectivity index (χ1n) is 6.58. The number of hydrogen-bond donors (Lipinski definition) is 2. The Kier molecular flexibility index (Phi) is 4.24. The minimum atomic E-state index is -0.177. The lowest BCUT2D eigenvalue weighted by atomic mass is 10.2. The molecule has 0 spiro atoms. The third kappa shape index (κ3) is 3.15. The van der Waals surface area contributed by atoms with Gasteiger partial charge in [0.1, 0.15) is 6.04 Å². The standard InChI is InChI=1S/C14H21N3OS/c1-9(2)16-14(18)10(3)17-6-7-19-13-5-4-11(15)8-12(13)17/h4-5,8-10H,6-7,15H2,1-3H3,(H,16,18). The van der Waals surface area contributed by atoms with Crippen molar-refractivity contribution in [3.05, 3.63) is 18.2 Å². The van der Waals surface area contributed by atoms with E-state index in [2.05, 4.69) is 10.2 Å². The zero-order chi connectivity index (χ0) is 14.0. The van der Waals surface area contributed by atoms with Crippen LogP contribution in [0.5, 0.6) is 0 Å². The first-order chi connectivity index (χ1) is 8.99. The van der Waals surface area contributed by atoms with E-state index < -0.39 is 0 Å². The molecule has 0 aliphatic carbocycles. The van der Waals surface area contributed by atoms with Gasteiger partial charge in [0.05, 0.1) is 5.69 Å². The van der Waals surface area contributed by atoms with Crippen LogP contribution in [0.1, 0.15) is 20.8 Å². The molecular formula is C14H21N3OS. The Morgan fingerprint density at radius 1 is 1.42 bits per heavy atom. The Balaban J connectivity index is 2.23. The normalized spacial score (nSPS) is 16.1. The average Bonchev–Trinajstić information content (AvgIpc) is 2.36. The van der Waals surface area contributed by atoms with E-state index in [1.807, 2.05) is 50.7 Å².